The van der Waals surface area contributed by atoms with Crippen molar-refractivity contribution in [2.75, 3.05) is 13.2 Å². The van der Waals surface area contributed by atoms with E-state index in [4.69, 9.17) is 14.7 Å². The number of aryl methyl sites for hydroxylation is 1. The average molecular weight is 190 g/mol. The van der Waals surface area contributed by atoms with Gasteiger partial charge in [0, 0.05) is 6.20 Å². The van der Waals surface area contributed by atoms with Gasteiger partial charge in [-0.3, -0.25) is 0 Å². The standard InChI is InChI=1S/C10H10N2O2/c1-7-2-8(3-11)10(12-4-7)14-6-9-5-13-9/h2,4,9H,5-6H2,1H3/t9-/m0/s1. The van der Waals surface area contributed by atoms with E-state index in [0.29, 0.717) is 18.1 Å². The molecule has 72 valence electrons. The molecule has 1 atom stereocenters. The summed E-state index contributed by atoms with van der Waals surface area (Å²) < 4.78 is 10.3. The van der Waals surface area contributed by atoms with Gasteiger partial charge >= 0.3 is 0 Å². The summed E-state index contributed by atoms with van der Waals surface area (Å²) >= 11 is 0. The summed E-state index contributed by atoms with van der Waals surface area (Å²) in [5.41, 5.74) is 1.43. The van der Waals surface area contributed by atoms with Crippen LogP contribution in [0.2, 0.25) is 0 Å². The number of rotatable bonds is 3. The van der Waals surface area contributed by atoms with E-state index in [-0.39, 0.29) is 6.10 Å². The van der Waals surface area contributed by atoms with Crippen molar-refractivity contribution in [3.05, 3.63) is 23.4 Å². The van der Waals surface area contributed by atoms with Crippen molar-refractivity contribution >= 4 is 0 Å². The third-order valence-corrected chi connectivity index (χ3v) is 1.92. The predicted molar refractivity (Wildman–Crippen MR) is 48.9 cm³/mol. The minimum atomic E-state index is 0.185. The lowest BCUT2D eigenvalue weighted by atomic mass is 10.2. The Balaban J connectivity index is 2.10. The van der Waals surface area contributed by atoms with Crippen LogP contribution >= 0.6 is 0 Å². The molecule has 14 heavy (non-hydrogen) atoms. The molecule has 0 bridgehead atoms. The Hall–Kier alpha value is -1.60. The number of aromatic nitrogens is 1. The van der Waals surface area contributed by atoms with Crippen LogP contribution in [0.5, 0.6) is 5.88 Å². The van der Waals surface area contributed by atoms with Gasteiger partial charge in [-0.25, -0.2) is 4.98 Å². The van der Waals surface area contributed by atoms with Crippen LogP contribution in [0, 0.1) is 18.3 Å². The van der Waals surface area contributed by atoms with Crippen LogP contribution < -0.4 is 4.74 Å². The summed E-state index contributed by atoms with van der Waals surface area (Å²) in [6, 6.07) is 3.81. The Morgan fingerprint density at radius 3 is 3.21 bits per heavy atom. The van der Waals surface area contributed by atoms with Gasteiger partial charge in [0.1, 0.15) is 24.3 Å². The molecule has 2 heterocycles. The van der Waals surface area contributed by atoms with Gasteiger partial charge < -0.3 is 9.47 Å². The molecule has 1 aliphatic rings. The summed E-state index contributed by atoms with van der Waals surface area (Å²) in [5, 5.41) is 8.82. The van der Waals surface area contributed by atoms with Crippen LogP contribution in [0.25, 0.3) is 0 Å². The van der Waals surface area contributed by atoms with E-state index in [1.54, 1.807) is 12.3 Å². The molecular weight excluding hydrogens is 180 g/mol. The van der Waals surface area contributed by atoms with Crippen LogP contribution in [0.1, 0.15) is 11.1 Å². The zero-order chi connectivity index (χ0) is 9.97. The number of hydrogen-bond acceptors (Lipinski definition) is 4. The molecule has 4 nitrogen and oxygen atoms in total. The molecule has 1 saturated heterocycles. The molecule has 0 spiro atoms. The Bertz CT molecular complexity index is 380. The molecule has 2 rings (SSSR count). The molecule has 0 radical (unpaired) electrons. The lowest BCUT2D eigenvalue weighted by Gasteiger charge is -2.04. The van der Waals surface area contributed by atoms with E-state index in [2.05, 4.69) is 11.1 Å². The predicted octanol–water partition coefficient (Wildman–Crippen LogP) is 1.04. The van der Waals surface area contributed by atoms with E-state index < -0.39 is 0 Å². The summed E-state index contributed by atoms with van der Waals surface area (Å²) in [7, 11) is 0. The third-order valence-electron chi connectivity index (χ3n) is 1.92. The summed E-state index contributed by atoms with van der Waals surface area (Å²) in [6.07, 6.45) is 1.87. The summed E-state index contributed by atoms with van der Waals surface area (Å²) in [6.45, 7) is 3.11. The van der Waals surface area contributed by atoms with Gasteiger partial charge in [-0.05, 0) is 18.6 Å². The molecule has 1 aliphatic heterocycles. The smallest absolute Gasteiger partial charge is 0.231 e. The summed E-state index contributed by atoms with van der Waals surface area (Å²) in [4.78, 5) is 4.05. The summed E-state index contributed by atoms with van der Waals surface area (Å²) in [5.74, 6) is 0.397. The van der Waals surface area contributed by atoms with Crippen molar-refractivity contribution in [1.82, 2.24) is 4.98 Å². The van der Waals surface area contributed by atoms with Crippen molar-refractivity contribution in [2.24, 2.45) is 0 Å². The van der Waals surface area contributed by atoms with Gasteiger partial charge in [-0.1, -0.05) is 0 Å². The zero-order valence-corrected chi connectivity index (χ0v) is 7.86. The first-order valence-electron chi connectivity index (χ1n) is 4.41. The second-order valence-corrected chi connectivity index (χ2v) is 3.24. The van der Waals surface area contributed by atoms with Crippen LogP contribution in [-0.2, 0) is 4.74 Å². The maximum Gasteiger partial charge on any atom is 0.231 e. The number of hydrogen-bond donors (Lipinski definition) is 0. The van der Waals surface area contributed by atoms with Gasteiger partial charge in [0.05, 0.1) is 6.61 Å². The Kier molecular flexibility index (Phi) is 2.33. The molecule has 0 aliphatic carbocycles. The highest BCUT2D eigenvalue weighted by Gasteiger charge is 2.23. The van der Waals surface area contributed by atoms with E-state index in [9.17, 15) is 0 Å². The Morgan fingerprint density at radius 2 is 2.57 bits per heavy atom. The molecule has 0 saturated carbocycles. The maximum absolute atomic E-state index is 8.82. The first kappa shape index (κ1) is 8.97. The highest BCUT2D eigenvalue weighted by atomic mass is 16.6. The number of nitrogens with zero attached hydrogens (tertiary/aromatic N) is 2. The quantitative estimate of drug-likeness (QED) is 0.668. The minimum absolute atomic E-state index is 0.185. The van der Waals surface area contributed by atoms with Gasteiger partial charge in [-0.2, -0.15) is 5.26 Å². The van der Waals surface area contributed by atoms with Crippen LogP contribution in [0.3, 0.4) is 0 Å². The maximum atomic E-state index is 8.82. The van der Waals surface area contributed by atoms with E-state index in [1.807, 2.05) is 6.92 Å². The van der Waals surface area contributed by atoms with Gasteiger partial charge in [0.15, 0.2) is 0 Å². The van der Waals surface area contributed by atoms with Crippen LogP contribution in [0.15, 0.2) is 12.3 Å². The van der Waals surface area contributed by atoms with Gasteiger partial charge in [0.25, 0.3) is 0 Å². The Labute approximate surface area is 82.1 Å². The largest absolute Gasteiger partial charge is 0.474 e. The highest BCUT2D eigenvalue weighted by Crippen LogP contribution is 2.17. The average Bonchev–Trinajstić information content (AvgIpc) is 2.99. The van der Waals surface area contributed by atoms with Gasteiger partial charge in [0.2, 0.25) is 5.88 Å². The highest BCUT2D eigenvalue weighted by molar-refractivity contribution is 5.39. The first-order valence-corrected chi connectivity index (χ1v) is 4.41. The van der Waals surface area contributed by atoms with E-state index in [0.717, 1.165) is 12.2 Å². The van der Waals surface area contributed by atoms with E-state index in [1.165, 1.54) is 0 Å². The molecule has 4 heteroatoms. The zero-order valence-electron chi connectivity index (χ0n) is 7.86. The molecule has 0 aromatic carbocycles. The SMILES string of the molecule is Cc1cnc(OC[C@@H]2CO2)c(C#N)c1. The molecule has 0 unspecified atom stereocenters. The molecule has 1 fully saturated rings. The van der Waals surface area contributed by atoms with Gasteiger partial charge in [-0.15, -0.1) is 0 Å². The minimum Gasteiger partial charge on any atom is -0.474 e. The second-order valence-electron chi connectivity index (χ2n) is 3.24. The lowest BCUT2D eigenvalue weighted by Crippen LogP contribution is -2.06. The van der Waals surface area contributed by atoms with E-state index >= 15 is 0 Å². The lowest BCUT2D eigenvalue weighted by molar-refractivity contribution is 0.254. The molecule has 1 aromatic heterocycles. The van der Waals surface area contributed by atoms with Crippen molar-refractivity contribution < 1.29 is 9.47 Å². The van der Waals surface area contributed by atoms with Crippen molar-refractivity contribution in [3.8, 4) is 11.9 Å². The monoisotopic (exact) mass is 190 g/mol. The third kappa shape index (κ3) is 2.01. The topological polar surface area (TPSA) is 58.4 Å². The number of epoxide rings is 1. The number of ether oxygens (including phenoxy) is 2. The van der Waals surface area contributed by atoms with Crippen molar-refractivity contribution in [3.63, 3.8) is 0 Å². The normalized spacial score (nSPS) is 18.7. The first-order chi connectivity index (χ1) is 6.79. The second kappa shape index (κ2) is 3.64. The van der Waals surface area contributed by atoms with Crippen LogP contribution in [0.4, 0.5) is 0 Å². The number of nitriles is 1. The van der Waals surface area contributed by atoms with Crippen LogP contribution in [-0.4, -0.2) is 24.3 Å². The molecule has 0 amide bonds. The molecule has 1 aromatic rings. The fourth-order valence-electron chi connectivity index (χ4n) is 1.09. The molecule has 0 N–H and O–H groups in total. The fraction of sp³-hybridized carbons (Fsp3) is 0.400. The fourth-order valence-corrected chi connectivity index (χ4v) is 1.09. The molecular formula is C10H10N2O2. The van der Waals surface area contributed by atoms with Crippen molar-refractivity contribution in [2.45, 2.75) is 13.0 Å². The Morgan fingerprint density at radius 1 is 1.79 bits per heavy atom. The number of pyridine rings is 1. The van der Waals surface area contributed by atoms with Crippen molar-refractivity contribution in [1.29, 1.82) is 5.26 Å².